The van der Waals surface area contributed by atoms with E-state index in [9.17, 15) is 0 Å². The Morgan fingerprint density at radius 1 is 1.36 bits per heavy atom. The fourth-order valence-electron chi connectivity index (χ4n) is 1.03. The summed E-state index contributed by atoms with van der Waals surface area (Å²) in [5, 5.41) is 0. The molecule has 0 aliphatic rings. The molecule has 1 unspecified atom stereocenters. The second kappa shape index (κ2) is 5.29. The predicted molar refractivity (Wildman–Crippen MR) is 49.1 cm³/mol. The van der Waals surface area contributed by atoms with Crippen LogP contribution in [-0.4, -0.2) is 18.6 Å². The first kappa shape index (κ1) is 10.6. The third-order valence-electron chi connectivity index (χ3n) is 1.84. The summed E-state index contributed by atoms with van der Waals surface area (Å²) >= 11 is 0. The number of rotatable bonds is 6. The molecule has 0 bridgehead atoms. The lowest BCUT2D eigenvalue weighted by molar-refractivity contribution is 0.398. The highest BCUT2D eigenvalue weighted by Gasteiger charge is 2.19. The van der Waals surface area contributed by atoms with Gasteiger partial charge in [-0.3, -0.25) is 0 Å². The summed E-state index contributed by atoms with van der Waals surface area (Å²) in [7, 11) is 0. The van der Waals surface area contributed by atoms with Crippen molar-refractivity contribution in [2.75, 3.05) is 13.1 Å². The quantitative estimate of drug-likeness (QED) is 0.473. The van der Waals surface area contributed by atoms with Crippen LogP contribution in [-0.2, 0) is 0 Å². The van der Waals surface area contributed by atoms with E-state index in [1.807, 2.05) is 6.08 Å². The van der Waals surface area contributed by atoms with Gasteiger partial charge in [0.2, 0.25) is 0 Å². The topological polar surface area (TPSA) is 78.1 Å². The summed E-state index contributed by atoms with van der Waals surface area (Å²) < 4.78 is 0. The highest BCUT2D eigenvalue weighted by Crippen LogP contribution is 2.12. The first-order valence-electron chi connectivity index (χ1n) is 3.98. The van der Waals surface area contributed by atoms with Crippen molar-refractivity contribution >= 4 is 0 Å². The molecule has 3 heteroatoms. The zero-order valence-electron chi connectivity index (χ0n) is 7.05. The minimum absolute atomic E-state index is 0.277. The van der Waals surface area contributed by atoms with Crippen molar-refractivity contribution in [3.8, 4) is 0 Å². The van der Waals surface area contributed by atoms with Gasteiger partial charge in [-0.25, -0.2) is 0 Å². The number of hydrogen-bond acceptors (Lipinski definition) is 3. The predicted octanol–water partition coefficient (Wildman–Crippen LogP) is -0.0424. The molecule has 0 amide bonds. The zero-order chi connectivity index (χ0) is 8.74. The molecular formula is C8H19N3. The Balaban J connectivity index is 3.77. The summed E-state index contributed by atoms with van der Waals surface area (Å²) in [5.41, 5.74) is 16.6. The van der Waals surface area contributed by atoms with Crippen molar-refractivity contribution in [3.63, 3.8) is 0 Å². The molecule has 0 radical (unpaired) electrons. The fourth-order valence-corrected chi connectivity index (χ4v) is 1.03. The molecule has 0 saturated carbocycles. The van der Waals surface area contributed by atoms with Crippen molar-refractivity contribution in [3.05, 3.63) is 12.7 Å². The molecule has 0 aliphatic heterocycles. The Bertz CT molecular complexity index is 114. The highest BCUT2D eigenvalue weighted by molar-refractivity contribution is 4.91. The summed E-state index contributed by atoms with van der Waals surface area (Å²) in [6.07, 6.45) is 4.39. The SMILES string of the molecule is C=CCC(N)(CN)CCCN. The highest BCUT2D eigenvalue weighted by atomic mass is 14.8. The molecule has 0 aromatic rings. The largest absolute Gasteiger partial charge is 0.330 e. The molecule has 0 aliphatic carbocycles. The van der Waals surface area contributed by atoms with Gasteiger partial charge >= 0.3 is 0 Å². The lowest BCUT2D eigenvalue weighted by atomic mass is 9.91. The van der Waals surface area contributed by atoms with E-state index < -0.39 is 0 Å². The molecule has 0 fully saturated rings. The maximum atomic E-state index is 5.94. The third-order valence-corrected chi connectivity index (χ3v) is 1.84. The van der Waals surface area contributed by atoms with Gasteiger partial charge in [-0.05, 0) is 25.8 Å². The first-order chi connectivity index (χ1) is 5.18. The second-order valence-electron chi connectivity index (χ2n) is 2.95. The normalized spacial score (nSPS) is 15.9. The van der Waals surface area contributed by atoms with E-state index in [0.29, 0.717) is 13.1 Å². The van der Waals surface area contributed by atoms with Crippen LogP contribution in [0.25, 0.3) is 0 Å². The molecule has 0 rings (SSSR count). The van der Waals surface area contributed by atoms with Crippen molar-refractivity contribution in [2.24, 2.45) is 17.2 Å². The Morgan fingerprint density at radius 2 is 2.00 bits per heavy atom. The fraction of sp³-hybridized carbons (Fsp3) is 0.750. The van der Waals surface area contributed by atoms with Crippen LogP contribution in [0.3, 0.4) is 0 Å². The number of hydrogen-bond donors (Lipinski definition) is 3. The molecule has 66 valence electrons. The summed E-state index contributed by atoms with van der Waals surface area (Å²) in [6.45, 7) is 4.81. The van der Waals surface area contributed by atoms with E-state index in [1.165, 1.54) is 0 Å². The lowest BCUT2D eigenvalue weighted by Gasteiger charge is -2.26. The Labute approximate surface area is 68.6 Å². The zero-order valence-corrected chi connectivity index (χ0v) is 7.05. The molecule has 11 heavy (non-hydrogen) atoms. The van der Waals surface area contributed by atoms with Crippen LogP contribution in [0.5, 0.6) is 0 Å². The Morgan fingerprint density at radius 3 is 2.36 bits per heavy atom. The minimum atomic E-state index is -0.277. The van der Waals surface area contributed by atoms with Crippen LogP contribution >= 0.6 is 0 Å². The van der Waals surface area contributed by atoms with Crippen molar-refractivity contribution in [2.45, 2.75) is 24.8 Å². The summed E-state index contributed by atoms with van der Waals surface area (Å²) in [4.78, 5) is 0. The van der Waals surface area contributed by atoms with Gasteiger partial charge in [0, 0.05) is 12.1 Å². The third kappa shape index (κ3) is 4.14. The molecule has 1 atom stereocenters. The summed E-state index contributed by atoms with van der Waals surface area (Å²) in [6, 6.07) is 0. The monoisotopic (exact) mass is 157 g/mol. The molecule has 3 nitrogen and oxygen atoms in total. The van der Waals surface area contributed by atoms with Crippen LogP contribution < -0.4 is 17.2 Å². The number of nitrogens with two attached hydrogens (primary N) is 3. The van der Waals surface area contributed by atoms with Crippen LogP contribution in [0.4, 0.5) is 0 Å². The lowest BCUT2D eigenvalue weighted by Crippen LogP contribution is -2.46. The molecule has 0 aromatic carbocycles. The van der Waals surface area contributed by atoms with Gasteiger partial charge in [0.15, 0.2) is 0 Å². The molecule has 0 aromatic heterocycles. The standard InChI is InChI=1S/C8H19N3/c1-2-4-8(11,7-10)5-3-6-9/h2H,1,3-7,9-11H2. The second-order valence-corrected chi connectivity index (χ2v) is 2.95. The van der Waals surface area contributed by atoms with Crippen LogP contribution in [0.2, 0.25) is 0 Å². The van der Waals surface area contributed by atoms with Gasteiger partial charge in [0.25, 0.3) is 0 Å². The maximum Gasteiger partial charge on any atom is 0.0313 e. The van der Waals surface area contributed by atoms with Gasteiger partial charge in [-0.15, -0.1) is 6.58 Å². The van der Waals surface area contributed by atoms with Gasteiger partial charge in [-0.1, -0.05) is 6.08 Å². The van der Waals surface area contributed by atoms with E-state index in [2.05, 4.69) is 6.58 Å². The molecule has 6 N–H and O–H groups in total. The molecule has 0 heterocycles. The minimum Gasteiger partial charge on any atom is -0.330 e. The van der Waals surface area contributed by atoms with E-state index >= 15 is 0 Å². The van der Waals surface area contributed by atoms with Crippen LogP contribution in [0.15, 0.2) is 12.7 Å². The summed E-state index contributed by atoms with van der Waals surface area (Å²) in [5.74, 6) is 0. The van der Waals surface area contributed by atoms with Gasteiger partial charge < -0.3 is 17.2 Å². The molecular weight excluding hydrogens is 138 g/mol. The van der Waals surface area contributed by atoms with Crippen LogP contribution in [0.1, 0.15) is 19.3 Å². The van der Waals surface area contributed by atoms with Crippen molar-refractivity contribution in [1.29, 1.82) is 0 Å². The average Bonchev–Trinajstić information content (AvgIpc) is 2.02. The Kier molecular flexibility index (Phi) is 5.11. The van der Waals surface area contributed by atoms with E-state index in [-0.39, 0.29) is 5.54 Å². The van der Waals surface area contributed by atoms with E-state index in [1.54, 1.807) is 0 Å². The van der Waals surface area contributed by atoms with E-state index in [0.717, 1.165) is 19.3 Å². The van der Waals surface area contributed by atoms with Gasteiger partial charge in [0.1, 0.15) is 0 Å². The molecule has 0 saturated heterocycles. The average molecular weight is 157 g/mol. The first-order valence-corrected chi connectivity index (χ1v) is 3.98. The van der Waals surface area contributed by atoms with Crippen molar-refractivity contribution in [1.82, 2.24) is 0 Å². The maximum absolute atomic E-state index is 5.94. The van der Waals surface area contributed by atoms with Crippen LogP contribution in [0, 0.1) is 0 Å². The van der Waals surface area contributed by atoms with Gasteiger partial charge in [-0.2, -0.15) is 0 Å². The smallest absolute Gasteiger partial charge is 0.0313 e. The van der Waals surface area contributed by atoms with Crippen molar-refractivity contribution < 1.29 is 0 Å². The molecule has 0 spiro atoms. The van der Waals surface area contributed by atoms with Gasteiger partial charge in [0.05, 0.1) is 0 Å². The Hall–Kier alpha value is -0.380. The van der Waals surface area contributed by atoms with E-state index in [4.69, 9.17) is 17.2 Å².